The molecular formula is C32H43F2NO3. The van der Waals surface area contributed by atoms with Gasteiger partial charge in [0.05, 0.1) is 12.2 Å². The van der Waals surface area contributed by atoms with Crippen molar-refractivity contribution < 1.29 is 23.8 Å². The van der Waals surface area contributed by atoms with Gasteiger partial charge in [0.1, 0.15) is 17.4 Å². The molecule has 0 atom stereocenters. The number of carbonyl (C=O) groups excluding carboxylic acids is 1. The largest absolute Gasteiger partial charge is 0.493 e. The summed E-state index contributed by atoms with van der Waals surface area (Å²) in [4.78, 5) is 11.4. The molecule has 38 heavy (non-hydrogen) atoms. The molecule has 1 saturated carbocycles. The van der Waals surface area contributed by atoms with Gasteiger partial charge >= 0.3 is 0 Å². The summed E-state index contributed by atoms with van der Waals surface area (Å²) in [7, 11) is 0. The van der Waals surface area contributed by atoms with E-state index in [0.717, 1.165) is 42.6 Å². The van der Waals surface area contributed by atoms with Crippen molar-refractivity contribution in [3.05, 3.63) is 101 Å². The maximum absolute atomic E-state index is 13.9. The minimum atomic E-state index is -0.473. The van der Waals surface area contributed by atoms with Crippen LogP contribution in [0.1, 0.15) is 80.4 Å². The van der Waals surface area contributed by atoms with Crippen LogP contribution in [0.3, 0.4) is 0 Å². The summed E-state index contributed by atoms with van der Waals surface area (Å²) >= 11 is 0. The fourth-order valence-electron chi connectivity index (χ4n) is 3.81. The zero-order valence-corrected chi connectivity index (χ0v) is 23.3. The molecule has 5 rings (SSSR count). The van der Waals surface area contributed by atoms with E-state index in [-0.39, 0.29) is 22.6 Å². The predicted octanol–water partition coefficient (Wildman–Crippen LogP) is 7.15. The van der Waals surface area contributed by atoms with Gasteiger partial charge in [-0.3, -0.25) is 4.79 Å². The van der Waals surface area contributed by atoms with Crippen LogP contribution in [0.4, 0.5) is 8.78 Å². The zero-order chi connectivity index (χ0) is 27.2. The van der Waals surface area contributed by atoms with Crippen molar-refractivity contribution in [3.8, 4) is 5.75 Å². The molecule has 4 nitrogen and oxygen atoms in total. The average Bonchev–Trinajstić information content (AvgIpc) is 3.73. The van der Waals surface area contributed by atoms with E-state index in [1.165, 1.54) is 19.1 Å². The molecule has 6 heteroatoms. The first-order chi connectivity index (χ1) is 18.0. The first-order valence-corrected chi connectivity index (χ1v) is 13.5. The third-order valence-electron chi connectivity index (χ3n) is 6.03. The van der Waals surface area contributed by atoms with E-state index in [9.17, 15) is 13.6 Å². The van der Waals surface area contributed by atoms with Crippen LogP contribution in [-0.2, 0) is 6.42 Å². The molecule has 0 radical (unpaired) electrons. The standard InChI is InChI=1S/C15H18FNO2.C13H11F.2C2H6.H2O/c1-9(18)12-4-13(11-2-3-11)15(5-14(12)16)19-8-10-6-17-7-10;14-13-9-5-4-8-12(13)10-11-6-2-1-3-7-11;2*1-2;/h4-5,10-11,17H,2-3,6-8H2,1H3;1-9H,10H2;2*1-2H3;1H2. The van der Waals surface area contributed by atoms with Crippen LogP contribution in [0.2, 0.25) is 0 Å². The van der Waals surface area contributed by atoms with Crippen LogP contribution in [0, 0.1) is 17.6 Å². The SMILES string of the molecule is CC.CC.CC(=O)c1cc(C2CC2)c(OCC2CNC2)cc1F.Fc1ccccc1Cc1ccccc1.O. The number of hydrogen-bond donors (Lipinski definition) is 1. The van der Waals surface area contributed by atoms with E-state index in [1.807, 2.05) is 70.2 Å². The quantitative estimate of drug-likeness (QED) is 0.332. The summed E-state index contributed by atoms with van der Waals surface area (Å²) < 4.78 is 32.9. The number of carbonyl (C=O) groups is 1. The van der Waals surface area contributed by atoms with Crippen LogP contribution in [-0.4, -0.2) is 31.0 Å². The molecule has 0 aromatic heterocycles. The number of halogens is 2. The number of benzene rings is 3. The molecule has 0 spiro atoms. The van der Waals surface area contributed by atoms with Gasteiger partial charge in [0.2, 0.25) is 0 Å². The maximum Gasteiger partial charge on any atom is 0.162 e. The number of nitrogens with one attached hydrogen (secondary N) is 1. The van der Waals surface area contributed by atoms with Crippen molar-refractivity contribution in [2.75, 3.05) is 19.7 Å². The Bertz CT molecular complexity index is 1100. The first kappa shape index (κ1) is 32.9. The van der Waals surface area contributed by atoms with Gasteiger partial charge in [-0.2, -0.15) is 0 Å². The second-order valence-corrected chi connectivity index (χ2v) is 8.79. The highest BCUT2D eigenvalue weighted by Crippen LogP contribution is 2.45. The Morgan fingerprint density at radius 1 is 0.895 bits per heavy atom. The van der Waals surface area contributed by atoms with Crippen molar-refractivity contribution in [1.29, 1.82) is 0 Å². The molecule has 2 aliphatic rings. The monoisotopic (exact) mass is 527 g/mol. The summed E-state index contributed by atoms with van der Waals surface area (Å²) in [6, 6.07) is 19.9. The van der Waals surface area contributed by atoms with E-state index in [1.54, 1.807) is 12.1 Å². The molecule has 0 unspecified atom stereocenters. The Labute approximate surface area is 226 Å². The fraction of sp³-hybridized carbons (Fsp3) is 0.406. The topological polar surface area (TPSA) is 69.8 Å². The summed E-state index contributed by atoms with van der Waals surface area (Å²) in [5.74, 6) is 0.747. The molecule has 1 aliphatic heterocycles. The van der Waals surface area contributed by atoms with Gasteiger partial charge in [0.25, 0.3) is 0 Å². The lowest BCUT2D eigenvalue weighted by atomic mass is 10.0. The summed E-state index contributed by atoms with van der Waals surface area (Å²) in [6.07, 6.45) is 2.86. The lowest BCUT2D eigenvalue weighted by Crippen LogP contribution is -2.45. The molecule has 0 amide bonds. The molecular weight excluding hydrogens is 484 g/mol. The number of Topliss-reactive ketones (excluding diaryl/α,β-unsaturated/α-hetero) is 1. The minimum Gasteiger partial charge on any atom is -0.493 e. The van der Waals surface area contributed by atoms with Crippen molar-refractivity contribution in [2.24, 2.45) is 5.92 Å². The third-order valence-corrected chi connectivity index (χ3v) is 6.03. The molecule has 208 valence electrons. The Hall–Kier alpha value is -3.09. The Morgan fingerprint density at radius 3 is 2.03 bits per heavy atom. The second-order valence-electron chi connectivity index (χ2n) is 8.79. The number of ether oxygens (including phenoxy) is 1. The molecule has 1 aliphatic carbocycles. The second kappa shape index (κ2) is 17.4. The summed E-state index contributed by atoms with van der Waals surface area (Å²) in [5, 5.41) is 3.18. The van der Waals surface area contributed by atoms with Gasteiger partial charge < -0.3 is 15.5 Å². The van der Waals surface area contributed by atoms with Crippen LogP contribution in [0.25, 0.3) is 0 Å². The number of ketones is 1. The molecule has 3 N–H and O–H groups in total. The first-order valence-electron chi connectivity index (χ1n) is 13.5. The lowest BCUT2D eigenvalue weighted by molar-refractivity contribution is 0.101. The Balaban J connectivity index is 0.000000339. The molecule has 3 aromatic carbocycles. The molecule has 1 heterocycles. The maximum atomic E-state index is 13.9. The predicted molar refractivity (Wildman–Crippen MR) is 152 cm³/mol. The smallest absolute Gasteiger partial charge is 0.162 e. The third kappa shape index (κ3) is 9.99. The Kier molecular flexibility index (Phi) is 15.1. The van der Waals surface area contributed by atoms with Gasteiger partial charge in [-0.15, -0.1) is 0 Å². The van der Waals surface area contributed by atoms with Gasteiger partial charge in [-0.25, -0.2) is 8.78 Å². The van der Waals surface area contributed by atoms with Crippen molar-refractivity contribution in [2.45, 2.75) is 59.8 Å². The highest BCUT2D eigenvalue weighted by atomic mass is 19.1. The summed E-state index contributed by atoms with van der Waals surface area (Å²) in [5.41, 5.74) is 3.06. The van der Waals surface area contributed by atoms with Crippen molar-refractivity contribution in [1.82, 2.24) is 5.32 Å². The fourth-order valence-corrected chi connectivity index (χ4v) is 3.81. The molecule has 2 fully saturated rings. The van der Waals surface area contributed by atoms with E-state index in [4.69, 9.17) is 4.74 Å². The van der Waals surface area contributed by atoms with Crippen molar-refractivity contribution >= 4 is 5.78 Å². The zero-order valence-electron chi connectivity index (χ0n) is 23.3. The van der Waals surface area contributed by atoms with Gasteiger partial charge in [-0.05, 0) is 54.5 Å². The van der Waals surface area contributed by atoms with E-state index < -0.39 is 5.82 Å². The summed E-state index contributed by atoms with van der Waals surface area (Å²) in [6.45, 7) is 11.9. The Morgan fingerprint density at radius 2 is 1.50 bits per heavy atom. The van der Waals surface area contributed by atoms with E-state index in [0.29, 0.717) is 30.6 Å². The van der Waals surface area contributed by atoms with E-state index >= 15 is 0 Å². The van der Waals surface area contributed by atoms with Crippen LogP contribution in [0.15, 0.2) is 66.7 Å². The highest BCUT2D eigenvalue weighted by molar-refractivity contribution is 5.94. The van der Waals surface area contributed by atoms with Gasteiger partial charge in [0.15, 0.2) is 5.78 Å². The van der Waals surface area contributed by atoms with Crippen molar-refractivity contribution in [3.63, 3.8) is 0 Å². The van der Waals surface area contributed by atoms with Crippen LogP contribution < -0.4 is 10.1 Å². The van der Waals surface area contributed by atoms with E-state index in [2.05, 4.69) is 5.32 Å². The minimum absolute atomic E-state index is 0. The normalized spacial score (nSPS) is 13.6. The van der Waals surface area contributed by atoms with Gasteiger partial charge in [-0.1, -0.05) is 76.2 Å². The molecule has 1 saturated heterocycles. The molecule has 0 bridgehead atoms. The lowest BCUT2D eigenvalue weighted by Gasteiger charge is -2.27. The van der Waals surface area contributed by atoms with Crippen LogP contribution >= 0.6 is 0 Å². The molecule has 3 aromatic rings. The number of hydrogen-bond acceptors (Lipinski definition) is 3. The highest BCUT2D eigenvalue weighted by Gasteiger charge is 2.29. The van der Waals surface area contributed by atoms with Crippen LogP contribution in [0.5, 0.6) is 5.75 Å². The average molecular weight is 528 g/mol. The number of rotatable bonds is 7. The van der Waals surface area contributed by atoms with Gasteiger partial charge in [0, 0.05) is 31.5 Å².